The van der Waals surface area contributed by atoms with Crippen molar-refractivity contribution in [3.63, 3.8) is 0 Å². The molecule has 0 atom stereocenters. The molecule has 1 aliphatic heterocycles. The van der Waals surface area contributed by atoms with Crippen LogP contribution in [0.3, 0.4) is 0 Å². The maximum Gasteiger partial charge on any atom is 0.422 e. The van der Waals surface area contributed by atoms with E-state index in [-0.39, 0.29) is 29.7 Å². The highest BCUT2D eigenvalue weighted by molar-refractivity contribution is 14.0. The van der Waals surface area contributed by atoms with Crippen molar-refractivity contribution in [2.24, 2.45) is 4.99 Å². The normalized spacial score (nSPS) is 14.9. The number of aromatic nitrogens is 2. The van der Waals surface area contributed by atoms with Crippen molar-refractivity contribution in [2.45, 2.75) is 26.1 Å². The number of guanidine groups is 1. The summed E-state index contributed by atoms with van der Waals surface area (Å²) in [5, 5.41) is 4.23. The van der Waals surface area contributed by atoms with E-state index in [4.69, 9.17) is 4.74 Å². The molecular formula is C19H26F3IN6OS. The van der Waals surface area contributed by atoms with Crippen molar-refractivity contribution in [3.05, 3.63) is 35.7 Å². The molecule has 172 valence electrons. The minimum atomic E-state index is -4.36. The minimum absolute atomic E-state index is 0. The zero-order valence-electron chi connectivity index (χ0n) is 17.4. The van der Waals surface area contributed by atoms with Crippen LogP contribution in [-0.2, 0) is 13.0 Å². The number of piperazine rings is 1. The van der Waals surface area contributed by atoms with Crippen LogP contribution in [-0.4, -0.2) is 66.2 Å². The third-order valence-corrected chi connectivity index (χ3v) is 5.40. The Hall–Kier alpha value is -1.83. The number of nitrogens with one attached hydrogen (secondary N) is 1. The lowest BCUT2D eigenvalue weighted by molar-refractivity contribution is -0.153. The first-order chi connectivity index (χ1) is 14.4. The van der Waals surface area contributed by atoms with E-state index in [1.165, 1.54) is 17.6 Å². The molecule has 2 aromatic rings. The number of benzene rings is 1. The summed E-state index contributed by atoms with van der Waals surface area (Å²) >= 11 is 1.43. The number of rotatable bonds is 6. The molecule has 31 heavy (non-hydrogen) atoms. The van der Waals surface area contributed by atoms with Crippen LogP contribution in [0.4, 0.5) is 18.3 Å². The van der Waals surface area contributed by atoms with Gasteiger partial charge in [-0.1, -0.05) is 19.1 Å². The van der Waals surface area contributed by atoms with Crippen LogP contribution >= 0.6 is 35.5 Å². The molecule has 1 fully saturated rings. The lowest BCUT2D eigenvalue weighted by atomic mass is 10.2. The Morgan fingerprint density at radius 1 is 1.26 bits per heavy atom. The Bertz CT molecular complexity index is 855. The number of anilines is 1. The third kappa shape index (κ3) is 7.66. The first-order valence-corrected chi connectivity index (χ1v) is 10.5. The average molecular weight is 570 g/mol. The maximum absolute atomic E-state index is 12.3. The standard InChI is InChI=1S/C19H25F3N6OS.HI/c1-3-16-25-18(30-26-16)28-9-7-27(8-10-28)17(23-2)24-12-14-5-4-6-15(11-14)29-13-19(20,21)22;/h4-6,11H,3,7-10,12-13H2,1-2H3,(H,23,24);1H. The van der Waals surface area contributed by atoms with Crippen molar-refractivity contribution < 1.29 is 17.9 Å². The smallest absolute Gasteiger partial charge is 0.422 e. The van der Waals surface area contributed by atoms with E-state index in [1.807, 2.05) is 13.0 Å². The second-order valence-corrected chi connectivity index (χ2v) is 7.50. The SMILES string of the molecule is CCc1nsc(N2CCN(C(=NC)NCc3cccc(OCC(F)(F)F)c3)CC2)n1.I. The molecule has 1 saturated heterocycles. The Kier molecular flexibility index (Phi) is 9.59. The Morgan fingerprint density at radius 2 is 2.00 bits per heavy atom. The first-order valence-electron chi connectivity index (χ1n) is 9.69. The highest BCUT2D eigenvalue weighted by Gasteiger charge is 2.28. The lowest BCUT2D eigenvalue weighted by Crippen LogP contribution is -2.52. The molecule has 2 heterocycles. The van der Waals surface area contributed by atoms with E-state index in [9.17, 15) is 13.2 Å². The van der Waals surface area contributed by atoms with Crippen LogP contribution in [0.1, 0.15) is 18.3 Å². The van der Waals surface area contributed by atoms with E-state index in [0.29, 0.717) is 6.54 Å². The summed E-state index contributed by atoms with van der Waals surface area (Å²) in [4.78, 5) is 13.3. The van der Waals surface area contributed by atoms with Gasteiger partial charge in [-0.2, -0.15) is 17.5 Å². The molecule has 1 aliphatic rings. The average Bonchev–Trinajstić information content (AvgIpc) is 3.22. The van der Waals surface area contributed by atoms with Crippen molar-refractivity contribution in [2.75, 3.05) is 44.7 Å². The summed E-state index contributed by atoms with van der Waals surface area (Å²) in [6.07, 6.45) is -3.53. The van der Waals surface area contributed by atoms with Gasteiger partial charge in [0.1, 0.15) is 11.6 Å². The number of aryl methyl sites for hydroxylation is 1. The Morgan fingerprint density at radius 3 is 2.61 bits per heavy atom. The lowest BCUT2D eigenvalue weighted by Gasteiger charge is -2.36. The highest BCUT2D eigenvalue weighted by atomic mass is 127. The van der Waals surface area contributed by atoms with Crippen molar-refractivity contribution in [1.29, 1.82) is 0 Å². The molecule has 0 radical (unpaired) electrons. The van der Waals surface area contributed by atoms with E-state index >= 15 is 0 Å². The van der Waals surface area contributed by atoms with Gasteiger partial charge in [0.15, 0.2) is 12.6 Å². The quantitative estimate of drug-likeness (QED) is 0.326. The molecule has 3 rings (SSSR count). The number of hydrogen-bond acceptors (Lipinski definition) is 6. The molecule has 7 nitrogen and oxygen atoms in total. The van der Waals surface area contributed by atoms with Gasteiger partial charge in [0.05, 0.1) is 0 Å². The number of alkyl halides is 3. The van der Waals surface area contributed by atoms with Crippen LogP contribution in [0, 0.1) is 0 Å². The molecule has 0 saturated carbocycles. The summed E-state index contributed by atoms with van der Waals surface area (Å²) in [5.74, 6) is 1.82. The predicted octanol–water partition coefficient (Wildman–Crippen LogP) is 3.56. The molecule has 0 aliphatic carbocycles. The largest absolute Gasteiger partial charge is 0.484 e. The molecule has 0 spiro atoms. The van der Waals surface area contributed by atoms with Gasteiger partial charge >= 0.3 is 6.18 Å². The van der Waals surface area contributed by atoms with Crippen LogP contribution in [0.2, 0.25) is 0 Å². The second-order valence-electron chi connectivity index (χ2n) is 6.77. The summed E-state index contributed by atoms with van der Waals surface area (Å²) in [6, 6.07) is 6.63. The fraction of sp³-hybridized carbons (Fsp3) is 0.526. The Labute approximate surface area is 200 Å². The van der Waals surface area contributed by atoms with Gasteiger partial charge in [-0.05, 0) is 17.7 Å². The fourth-order valence-corrected chi connectivity index (χ4v) is 3.85. The number of aliphatic imine (C=N–C) groups is 1. The molecule has 0 amide bonds. The predicted molar refractivity (Wildman–Crippen MR) is 127 cm³/mol. The highest BCUT2D eigenvalue weighted by Crippen LogP contribution is 2.20. The zero-order valence-corrected chi connectivity index (χ0v) is 20.5. The van der Waals surface area contributed by atoms with Crippen molar-refractivity contribution >= 4 is 46.6 Å². The molecule has 0 unspecified atom stereocenters. The monoisotopic (exact) mass is 570 g/mol. The molecule has 1 N–H and O–H groups in total. The first kappa shape index (κ1) is 25.4. The van der Waals surface area contributed by atoms with Crippen LogP contribution in [0.5, 0.6) is 5.75 Å². The van der Waals surface area contributed by atoms with Gasteiger partial charge in [0.2, 0.25) is 5.13 Å². The van der Waals surface area contributed by atoms with E-state index < -0.39 is 12.8 Å². The molecule has 0 bridgehead atoms. The number of halogens is 4. The third-order valence-electron chi connectivity index (χ3n) is 4.59. The van der Waals surface area contributed by atoms with Gasteiger partial charge in [-0.3, -0.25) is 4.99 Å². The van der Waals surface area contributed by atoms with Gasteiger partial charge in [-0.15, -0.1) is 24.0 Å². The summed E-state index contributed by atoms with van der Waals surface area (Å²) in [6.45, 7) is 4.39. The summed E-state index contributed by atoms with van der Waals surface area (Å²) in [5.41, 5.74) is 0.815. The second kappa shape index (κ2) is 11.7. The van der Waals surface area contributed by atoms with Gasteiger partial charge in [-0.25, -0.2) is 4.98 Å². The fourth-order valence-electron chi connectivity index (χ4n) is 3.05. The molecule has 1 aromatic carbocycles. The number of ether oxygens (including phenoxy) is 1. The molecular weight excluding hydrogens is 544 g/mol. The number of hydrogen-bond donors (Lipinski definition) is 1. The van der Waals surface area contributed by atoms with E-state index in [2.05, 4.69) is 29.5 Å². The summed E-state index contributed by atoms with van der Waals surface area (Å²) in [7, 11) is 1.72. The zero-order chi connectivity index (χ0) is 21.6. The maximum atomic E-state index is 12.3. The van der Waals surface area contributed by atoms with E-state index in [0.717, 1.165) is 55.1 Å². The minimum Gasteiger partial charge on any atom is -0.484 e. The van der Waals surface area contributed by atoms with Crippen LogP contribution in [0.25, 0.3) is 0 Å². The summed E-state index contributed by atoms with van der Waals surface area (Å²) < 4.78 is 46.2. The van der Waals surface area contributed by atoms with Crippen molar-refractivity contribution in [3.8, 4) is 5.75 Å². The van der Waals surface area contributed by atoms with Crippen LogP contribution < -0.4 is 15.0 Å². The number of nitrogens with zero attached hydrogens (tertiary/aromatic N) is 5. The Balaban J connectivity index is 0.00000341. The van der Waals surface area contributed by atoms with Crippen LogP contribution in [0.15, 0.2) is 29.3 Å². The van der Waals surface area contributed by atoms with Gasteiger partial charge in [0, 0.05) is 57.7 Å². The molecule has 1 aromatic heterocycles. The van der Waals surface area contributed by atoms with E-state index in [1.54, 1.807) is 19.2 Å². The topological polar surface area (TPSA) is 65.9 Å². The van der Waals surface area contributed by atoms with Crippen molar-refractivity contribution in [1.82, 2.24) is 19.6 Å². The molecule has 12 heteroatoms. The van der Waals surface area contributed by atoms with Gasteiger partial charge in [0.25, 0.3) is 0 Å². The van der Waals surface area contributed by atoms with Gasteiger partial charge < -0.3 is 19.9 Å².